The van der Waals surface area contributed by atoms with Crippen LogP contribution in [0.15, 0.2) is 6.20 Å². The van der Waals surface area contributed by atoms with E-state index in [2.05, 4.69) is 15.2 Å². The highest BCUT2D eigenvalue weighted by Crippen LogP contribution is 2.15. The minimum absolute atomic E-state index is 0.0830. The summed E-state index contributed by atoms with van der Waals surface area (Å²) in [6.07, 6.45) is 3.72. The van der Waals surface area contributed by atoms with Crippen LogP contribution < -0.4 is 5.32 Å². The van der Waals surface area contributed by atoms with Crippen molar-refractivity contribution in [3.8, 4) is 0 Å². The number of likely N-dealkylation sites (tertiary alicyclic amines) is 1. The molecule has 2 rings (SSSR count). The van der Waals surface area contributed by atoms with Crippen molar-refractivity contribution in [3.05, 3.63) is 22.1 Å². The topological polar surface area (TPSA) is 76.2 Å². The van der Waals surface area contributed by atoms with Gasteiger partial charge in [-0.05, 0) is 31.4 Å². The fourth-order valence-corrected chi connectivity index (χ4v) is 2.61. The van der Waals surface area contributed by atoms with Crippen molar-refractivity contribution in [3.63, 3.8) is 0 Å². The smallest absolute Gasteiger partial charge is 0.342 e. The molecule has 7 nitrogen and oxygen atoms in total. The Bertz CT molecular complexity index is 445. The van der Waals surface area contributed by atoms with Gasteiger partial charge >= 0.3 is 5.82 Å². The fourth-order valence-electron chi connectivity index (χ4n) is 2.61. The van der Waals surface area contributed by atoms with E-state index in [9.17, 15) is 10.1 Å². The molecule has 1 atom stereocenters. The summed E-state index contributed by atoms with van der Waals surface area (Å²) in [4.78, 5) is 16.9. The third-order valence-electron chi connectivity index (χ3n) is 3.77. The van der Waals surface area contributed by atoms with Gasteiger partial charge in [0.15, 0.2) is 5.82 Å². The molecule has 1 aliphatic rings. The number of rotatable bonds is 5. The molecule has 19 heavy (non-hydrogen) atoms. The second-order valence-electron chi connectivity index (χ2n) is 5.00. The standard InChI is InChI=1S/C12H21N5O2/c1-10-14-8-12(17(18)19)16(10)7-6-15-5-3-4-11(9-15)13-2/h8,11,13H,3-7,9H2,1-2H3. The number of aryl methyl sites for hydroxylation is 1. The summed E-state index contributed by atoms with van der Waals surface area (Å²) in [7, 11) is 1.99. The lowest BCUT2D eigenvalue weighted by atomic mass is 10.1. The van der Waals surface area contributed by atoms with Crippen molar-refractivity contribution in [2.45, 2.75) is 32.4 Å². The molecule has 106 valence electrons. The number of aromatic nitrogens is 2. The number of likely N-dealkylation sites (N-methyl/N-ethyl adjacent to an activating group) is 1. The van der Waals surface area contributed by atoms with Gasteiger partial charge in [0.05, 0.1) is 0 Å². The Morgan fingerprint density at radius 1 is 1.58 bits per heavy atom. The molecule has 0 aliphatic carbocycles. The van der Waals surface area contributed by atoms with Crippen molar-refractivity contribution >= 4 is 5.82 Å². The van der Waals surface area contributed by atoms with Crippen LogP contribution in [-0.2, 0) is 6.54 Å². The normalized spacial score (nSPS) is 20.6. The molecule has 1 unspecified atom stereocenters. The van der Waals surface area contributed by atoms with E-state index in [1.807, 2.05) is 7.05 Å². The maximum atomic E-state index is 10.9. The van der Waals surface area contributed by atoms with Crippen LogP contribution in [0.25, 0.3) is 0 Å². The molecule has 1 N–H and O–H groups in total. The van der Waals surface area contributed by atoms with E-state index in [1.54, 1.807) is 11.5 Å². The summed E-state index contributed by atoms with van der Waals surface area (Å²) in [5.74, 6) is 0.786. The van der Waals surface area contributed by atoms with Gasteiger partial charge in [0.1, 0.15) is 12.7 Å². The molecule has 0 radical (unpaired) electrons. The Balaban J connectivity index is 1.95. The van der Waals surface area contributed by atoms with Crippen LogP contribution in [0.3, 0.4) is 0 Å². The third kappa shape index (κ3) is 3.30. The first-order valence-corrected chi connectivity index (χ1v) is 6.68. The van der Waals surface area contributed by atoms with Crippen molar-refractivity contribution in [1.29, 1.82) is 0 Å². The van der Waals surface area contributed by atoms with Crippen molar-refractivity contribution < 1.29 is 4.92 Å². The van der Waals surface area contributed by atoms with E-state index in [0.29, 0.717) is 18.4 Å². The average molecular weight is 267 g/mol. The first-order chi connectivity index (χ1) is 9.11. The predicted molar refractivity (Wildman–Crippen MR) is 72.1 cm³/mol. The highest BCUT2D eigenvalue weighted by molar-refractivity contribution is 5.18. The van der Waals surface area contributed by atoms with Gasteiger partial charge in [-0.15, -0.1) is 0 Å². The summed E-state index contributed by atoms with van der Waals surface area (Å²) in [5, 5.41) is 14.2. The summed E-state index contributed by atoms with van der Waals surface area (Å²) >= 11 is 0. The molecule has 7 heteroatoms. The highest BCUT2D eigenvalue weighted by atomic mass is 16.6. The molecule has 0 saturated carbocycles. The molecule has 0 bridgehead atoms. The Kier molecular flexibility index (Phi) is 4.49. The zero-order valence-corrected chi connectivity index (χ0v) is 11.5. The molecular formula is C12H21N5O2. The summed E-state index contributed by atoms with van der Waals surface area (Å²) < 4.78 is 1.68. The maximum Gasteiger partial charge on any atom is 0.342 e. The van der Waals surface area contributed by atoms with Gasteiger partial charge in [0.25, 0.3) is 0 Å². The molecule has 0 spiro atoms. The monoisotopic (exact) mass is 267 g/mol. The van der Waals surface area contributed by atoms with Crippen molar-refractivity contribution in [2.24, 2.45) is 0 Å². The number of imidazole rings is 1. The Labute approximate surface area is 112 Å². The van der Waals surface area contributed by atoms with E-state index in [0.717, 1.165) is 19.6 Å². The van der Waals surface area contributed by atoms with Crippen LogP contribution in [0.5, 0.6) is 0 Å². The SMILES string of the molecule is CNC1CCCN(CCn2c([N+](=O)[O-])cnc2C)C1. The van der Waals surface area contributed by atoms with Gasteiger partial charge in [-0.3, -0.25) is 4.90 Å². The Hall–Kier alpha value is -1.47. The minimum atomic E-state index is -0.368. The van der Waals surface area contributed by atoms with Crippen LogP contribution in [0, 0.1) is 17.0 Å². The lowest BCUT2D eigenvalue weighted by Gasteiger charge is -2.32. The van der Waals surface area contributed by atoms with Crippen molar-refractivity contribution in [2.75, 3.05) is 26.7 Å². The van der Waals surface area contributed by atoms with Gasteiger partial charge < -0.3 is 15.4 Å². The quantitative estimate of drug-likeness (QED) is 0.630. The van der Waals surface area contributed by atoms with Gasteiger partial charge in [-0.1, -0.05) is 0 Å². The first kappa shape index (κ1) is 14.0. The third-order valence-corrected chi connectivity index (χ3v) is 3.77. The molecular weight excluding hydrogens is 246 g/mol. The van der Waals surface area contributed by atoms with Crippen molar-refractivity contribution in [1.82, 2.24) is 19.8 Å². The lowest BCUT2D eigenvalue weighted by Crippen LogP contribution is -2.45. The number of nitrogens with zero attached hydrogens (tertiary/aromatic N) is 4. The molecule has 2 heterocycles. The van der Waals surface area contributed by atoms with Gasteiger partial charge in [-0.25, -0.2) is 9.55 Å². The van der Waals surface area contributed by atoms with Gasteiger partial charge in [0, 0.05) is 26.1 Å². The van der Waals surface area contributed by atoms with E-state index in [-0.39, 0.29) is 10.7 Å². The average Bonchev–Trinajstić information content (AvgIpc) is 2.78. The minimum Gasteiger partial charge on any atom is -0.358 e. The highest BCUT2D eigenvalue weighted by Gasteiger charge is 2.21. The summed E-state index contributed by atoms with van der Waals surface area (Å²) in [5.41, 5.74) is 0. The van der Waals surface area contributed by atoms with Crippen LogP contribution >= 0.6 is 0 Å². The van der Waals surface area contributed by atoms with Crippen LogP contribution in [-0.4, -0.2) is 52.1 Å². The van der Waals surface area contributed by atoms with Gasteiger partial charge in [-0.2, -0.15) is 0 Å². The molecule has 0 amide bonds. The zero-order chi connectivity index (χ0) is 13.8. The number of piperidine rings is 1. The fraction of sp³-hybridized carbons (Fsp3) is 0.750. The summed E-state index contributed by atoms with van der Waals surface area (Å²) in [6.45, 7) is 5.34. The van der Waals surface area contributed by atoms with E-state index < -0.39 is 0 Å². The van der Waals surface area contributed by atoms with Crippen LogP contribution in [0.2, 0.25) is 0 Å². The van der Waals surface area contributed by atoms with E-state index >= 15 is 0 Å². The van der Waals surface area contributed by atoms with E-state index in [4.69, 9.17) is 0 Å². The molecule has 1 aromatic rings. The first-order valence-electron chi connectivity index (χ1n) is 6.68. The Morgan fingerprint density at radius 3 is 3.05 bits per heavy atom. The number of hydrogen-bond acceptors (Lipinski definition) is 5. The predicted octanol–water partition coefficient (Wildman–Crippen LogP) is 0.784. The second-order valence-corrected chi connectivity index (χ2v) is 5.00. The number of hydrogen-bond donors (Lipinski definition) is 1. The lowest BCUT2D eigenvalue weighted by molar-refractivity contribution is -0.392. The maximum absolute atomic E-state index is 10.9. The van der Waals surface area contributed by atoms with Crippen LogP contribution in [0.1, 0.15) is 18.7 Å². The molecule has 1 saturated heterocycles. The van der Waals surface area contributed by atoms with Gasteiger partial charge in [0.2, 0.25) is 0 Å². The van der Waals surface area contributed by atoms with Crippen LogP contribution in [0.4, 0.5) is 5.82 Å². The second kappa shape index (κ2) is 6.12. The molecule has 1 aliphatic heterocycles. The summed E-state index contributed by atoms with van der Waals surface area (Å²) in [6, 6.07) is 0.535. The Morgan fingerprint density at radius 2 is 2.37 bits per heavy atom. The largest absolute Gasteiger partial charge is 0.358 e. The number of nitro groups is 1. The van der Waals surface area contributed by atoms with E-state index in [1.165, 1.54) is 19.0 Å². The molecule has 1 aromatic heterocycles. The number of nitrogens with one attached hydrogen (secondary N) is 1. The molecule has 1 fully saturated rings. The molecule has 0 aromatic carbocycles. The zero-order valence-electron chi connectivity index (χ0n) is 11.5.